The summed E-state index contributed by atoms with van der Waals surface area (Å²) in [7, 11) is 3.21. The fraction of sp³-hybridized carbons (Fsp3) is 0.263. The van der Waals surface area contributed by atoms with Crippen molar-refractivity contribution >= 4 is 5.97 Å². The van der Waals surface area contributed by atoms with E-state index in [2.05, 4.69) is 15.2 Å². The maximum atomic E-state index is 12.4. The van der Waals surface area contributed by atoms with Crippen molar-refractivity contribution in [3.63, 3.8) is 0 Å². The van der Waals surface area contributed by atoms with Gasteiger partial charge < -0.3 is 19.2 Å². The molecule has 3 aromatic rings. The summed E-state index contributed by atoms with van der Waals surface area (Å²) in [4.78, 5) is 15.5. The Morgan fingerprint density at radius 1 is 1.15 bits per heavy atom. The number of rotatable bonds is 6. The number of esters is 1. The first-order valence-electron chi connectivity index (χ1n) is 8.22. The fourth-order valence-electron chi connectivity index (χ4n) is 2.87. The first kappa shape index (κ1) is 17.6. The zero-order chi connectivity index (χ0) is 18.7. The van der Waals surface area contributed by atoms with Gasteiger partial charge >= 0.3 is 5.97 Å². The largest absolute Gasteiger partial charge is 0.497 e. The van der Waals surface area contributed by atoms with Crippen LogP contribution >= 0.6 is 0 Å². The van der Waals surface area contributed by atoms with Crippen LogP contribution in [0.2, 0.25) is 0 Å². The van der Waals surface area contributed by atoms with Crippen LogP contribution in [0.25, 0.3) is 22.5 Å². The molecular weight excluding hydrogens is 334 g/mol. The Kier molecular flexibility index (Phi) is 4.97. The van der Waals surface area contributed by atoms with Crippen LogP contribution in [0.1, 0.15) is 23.0 Å². The van der Waals surface area contributed by atoms with Crippen molar-refractivity contribution in [2.75, 3.05) is 20.8 Å². The van der Waals surface area contributed by atoms with E-state index in [0.717, 1.165) is 11.1 Å². The third-order valence-corrected chi connectivity index (χ3v) is 4.11. The number of hydrogen-bond acceptors (Lipinski definition) is 5. The van der Waals surface area contributed by atoms with Crippen LogP contribution in [-0.4, -0.2) is 42.0 Å². The highest BCUT2D eigenvalue weighted by molar-refractivity contribution is 5.99. The normalized spacial score (nSPS) is 10.6. The van der Waals surface area contributed by atoms with Crippen LogP contribution in [0, 0.1) is 6.92 Å². The average molecular weight is 355 g/mol. The lowest BCUT2D eigenvalue weighted by Crippen LogP contribution is -2.07. The monoisotopic (exact) mass is 355 g/mol. The summed E-state index contributed by atoms with van der Waals surface area (Å²) in [5.74, 6) is 0.955. The topological polar surface area (TPSA) is 89.2 Å². The number of aromatic amines is 2. The van der Waals surface area contributed by atoms with Crippen molar-refractivity contribution in [2.24, 2.45) is 0 Å². The Morgan fingerprint density at radius 3 is 2.65 bits per heavy atom. The SMILES string of the molecule is CCOC(=O)c1c(-c2[nH]ccc2-c2ccc(OC)cc2OC)n[nH]c1C. The number of carbonyl (C=O) groups is 1. The van der Waals surface area contributed by atoms with Gasteiger partial charge in [-0.15, -0.1) is 0 Å². The molecule has 7 heteroatoms. The molecule has 2 N–H and O–H groups in total. The minimum Gasteiger partial charge on any atom is -0.497 e. The molecular formula is C19H21N3O4. The smallest absolute Gasteiger partial charge is 0.342 e. The van der Waals surface area contributed by atoms with E-state index in [4.69, 9.17) is 14.2 Å². The van der Waals surface area contributed by atoms with Gasteiger partial charge in [-0.3, -0.25) is 5.10 Å². The van der Waals surface area contributed by atoms with E-state index in [1.165, 1.54) is 0 Å². The van der Waals surface area contributed by atoms with Crippen molar-refractivity contribution in [1.29, 1.82) is 0 Å². The first-order chi connectivity index (χ1) is 12.6. The standard InChI is InChI=1S/C19H21N3O4/c1-5-26-19(23)16-11(2)21-22-18(16)17-14(8-9-20-17)13-7-6-12(24-3)10-15(13)25-4/h6-10,20H,5H2,1-4H3,(H,21,22). The number of ether oxygens (including phenoxy) is 3. The van der Waals surface area contributed by atoms with Crippen molar-refractivity contribution in [1.82, 2.24) is 15.2 Å². The molecule has 0 fully saturated rings. The Morgan fingerprint density at radius 2 is 1.96 bits per heavy atom. The minimum absolute atomic E-state index is 0.298. The number of hydrogen-bond donors (Lipinski definition) is 2. The molecule has 0 saturated carbocycles. The molecule has 0 radical (unpaired) electrons. The second-order valence-corrected chi connectivity index (χ2v) is 5.63. The molecule has 0 atom stereocenters. The summed E-state index contributed by atoms with van der Waals surface area (Å²) < 4.78 is 15.9. The first-order valence-corrected chi connectivity index (χ1v) is 8.22. The van der Waals surface area contributed by atoms with Crippen LogP contribution in [0.5, 0.6) is 11.5 Å². The Labute approximate surface area is 151 Å². The molecule has 1 aromatic carbocycles. The van der Waals surface area contributed by atoms with Gasteiger partial charge in [-0.05, 0) is 32.0 Å². The Bertz CT molecular complexity index is 927. The number of aryl methyl sites for hydroxylation is 1. The molecule has 3 rings (SSSR count). The maximum absolute atomic E-state index is 12.4. The van der Waals surface area contributed by atoms with Crippen molar-refractivity contribution in [3.8, 4) is 34.0 Å². The molecule has 26 heavy (non-hydrogen) atoms. The van der Waals surface area contributed by atoms with Gasteiger partial charge in [0.05, 0.1) is 26.5 Å². The summed E-state index contributed by atoms with van der Waals surface area (Å²) in [5, 5.41) is 7.18. The third kappa shape index (κ3) is 3.03. The molecule has 7 nitrogen and oxygen atoms in total. The van der Waals surface area contributed by atoms with Crippen LogP contribution in [0.4, 0.5) is 0 Å². The van der Waals surface area contributed by atoms with Gasteiger partial charge in [0.2, 0.25) is 0 Å². The molecule has 0 aliphatic heterocycles. The summed E-state index contributed by atoms with van der Waals surface area (Å²) in [6, 6.07) is 7.50. The van der Waals surface area contributed by atoms with E-state index in [9.17, 15) is 4.79 Å². The van der Waals surface area contributed by atoms with Gasteiger partial charge in [-0.1, -0.05) is 0 Å². The van der Waals surface area contributed by atoms with E-state index >= 15 is 0 Å². The van der Waals surface area contributed by atoms with Gasteiger partial charge in [0, 0.05) is 29.1 Å². The molecule has 0 spiro atoms. The van der Waals surface area contributed by atoms with E-state index in [1.54, 1.807) is 34.3 Å². The summed E-state index contributed by atoms with van der Waals surface area (Å²) in [5.41, 5.74) is 4.02. The van der Waals surface area contributed by atoms with E-state index in [0.29, 0.717) is 40.8 Å². The van der Waals surface area contributed by atoms with Gasteiger partial charge in [-0.2, -0.15) is 5.10 Å². The van der Waals surface area contributed by atoms with E-state index in [-0.39, 0.29) is 0 Å². The van der Waals surface area contributed by atoms with E-state index in [1.807, 2.05) is 24.3 Å². The molecule has 136 valence electrons. The molecule has 0 aliphatic rings. The number of benzene rings is 1. The summed E-state index contributed by atoms with van der Waals surface area (Å²) in [6.45, 7) is 3.86. The lowest BCUT2D eigenvalue weighted by molar-refractivity contribution is 0.0526. The van der Waals surface area contributed by atoms with Crippen molar-refractivity contribution < 1.29 is 19.0 Å². The molecule has 0 bridgehead atoms. The summed E-state index contributed by atoms with van der Waals surface area (Å²) in [6.07, 6.45) is 1.80. The van der Waals surface area contributed by atoms with Crippen molar-refractivity contribution in [2.45, 2.75) is 13.8 Å². The molecule has 0 unspecified atom stereocenters. The highest BCUT2D eigenvalue weighted by Crippen LogP contribution is 2.39. The zero-order valence-corrected chi connectivity index (χ0v) is 15.2. The maximum Gasteiger partial charge on any atom is 0.342 e. The Hall–Kier alpha value is -3.22. The zero-order valence-electron chi connectivity index (χ0n) is 15.2. The molecule has 0 saturated heterocycles. The number of H-pyrrole nitrogens is 2. The van der Waals surface area contributed by atoms with Gasteiger partial charge in [0.25, 0.3) is 0 Å². The van der Waals surface area contributed by atoms with Gasteiger partial charge in [-0.25, -0.2) is 4.79 Å². The number of carbonyl (C=O) groups excluding carboxylic acids is 1. The van der Waals surface area contributed by atoms with E-state index < -0.39 is 5.97 Å². The molecule has 2 aromatic heterocycles. The van der Waals surface area contributed by atoms with Crippen LogP contribution in [0.3, 0.4) is 0 Å². The third-order valence-electron chi connectivity index (χ3n) is 4.11. The lowest BCUT2D eigenvalue weighted by Gasteiger charge is -2.11. The molecule has 2 heterocycles. The van der Waals surface area contributed by atoms with Crippen LogP contribution in [0.15, 0.2) is 30.5 Å². The number of methoxy groups -OCH3 is 2. The minimum atomic E-state index is -0.406. The lowest BCUT2D eigenvalue weighted by atomic mass is 10.0. The summed E-state index contributed by atoms with van der Waals surface area (Å²) >= 11 is 0. The highest BCUT2D eigenvalue weighted by atomic mass is 16.5. The quantitative estimate of drug-likeness (QED) is 0.660. The Balaban J connectivity index is 2.13. The van der Waals surface area contributed by atoms with Gasteiger partial charge in [0.15, 0.2) is 0 Å². The highest BCUT2D eigenvalue weighted by Gasteiger charge is 2.24. The second-order valence-electron chi connectivity index (χ2n) is 5.63. The second kappa shape index (κ2) is 7.35. The fourth-order valence-corrected chi connectivity index (χ4v) is 2.87. The predicted octanol–water partition coefficient (Wildman–Crippen LogP) is 3.57. The average Bonchev–Trinajstić information content (AvgIpc) is 3.27. The molecule has 0 aliphatic carbocycles. The number of nitrogens with one attached hydrogen (secondary N) is 2. The van der Waals surface area contributed by atoms with Crippen molar-refractivity contribution in [3.05, 3.63) is 41.7 Å². The van der Waals surface area contributed by atoms with Gasteiger partial charge in [0.1, 0.15) is 22.8 Å². The van der Waals surface area contributed by atoms with Crippen LogP contribution < -0.4 is 9.47 Å². The number of aromatic nitrogens is 3. The molecule has 0 amide bonds. The predicted molar refractivity (Wildman–Crippen MR) is 97.6 cm³/mol. The number of nitrogens with zero attached hydrogens (tertiary/aromatic N) is 1. The van der Waals surface area contributed by atoms with Crippen LogP contribution in [-0.2, 0) is 4.74 Å².